The molecule has 2 rings (SSSR count). The summed E-state index contributed by atoms with van der Waals surface area (Å²) in [6.45, 7) is 13.3. The zero-order valence-electron chi connectivity index (χ0n) is 20.5. The van der Waals surface area contributed by atoms with Gasteiger partial charge in [-0.15, -0.1) is 6.58 Å². The monoisotopic (exact) mass is 429 g/mol. The number of nitrogens with zero attached hydrogens (tertiary/aromatic N) is 3. The van der Waals surface area contributed by atoms with Gasteiger partial charge in [0.2, 0.25) is 0 Å². The van der Waals surface area contributed by atoms with Gasteiger partial charge in [-0.3, -0.25) is 4.98 Å². The molecule has 2 aromatic rings. The van der Waals surface area contributed by atoms with Crippen molar-refractivity contribution in [2.45, 2.75) is 33.1 Å². The highest BCUT2D eigenvalue weighted by Gasteiger charge is 2.10. The van der Waals surface area contributed by atoms with E-state index in [0.29, 0.717) is 5.92 Å². The molecule has 0 amide bonds. The van der Waals surface area contributed by atoms with Crippen LogP contribution in [-0.4, -0.2) is 37.6 Å². The van der Waals surface area contributed by atoms with Gasteiger partial charge < -0.3 is 9.80 Å². The molecule has 32 heavy (non-hydrogen) atoms. The van der Waals surface area contributed by atoms with E-state index in [4.69, 9.17) is 0 Å². The van der Waals surface area contributed by atoms with E-state index in [-0.39, 0.29) is 0 Å². The van der Waals surface area contributed by atoms with Crippen molar-refractivity contribution in [1.82, 2.24) is 9.88 Å². The molecule has 0 N–H and O–H groups in total. The Morgan fingerprint density at radius 1 is 1.03 bits per heavy atom. The lowest BCUT2D eigenvalue weighted by molar-refractivity contribution is 0.340. The zero-order chi connectivity index (χ0) is 23.5. The number of aromatic nitrogens is 1. The second-order valence-electron chi connectivity index (χ2n) is 8.49. The first-order chi connectivity index (χ1) is 15.4. The summed E-state index contributed by atoms with van der Waals surface area (Å²) in [7, 11) is 6.30. The summed E-state index contributed by atoms with van der Waals surface area (Å²) in [6.07, 6.45) is 17.2. The van der Waals surface area contributed by atoms with Crippen LogP contribution >= 0.6 is 0 Å². The van der Waals surface area contributed by atoms with E-state index < -0.39 is 0 Å². The average Bonchev–Trinajstić information content (AvgIpc) is 2.80. The predicted octanol–water partition coefficient (Wildman–Crippen LogP) is 6.99. The van der Waals surface area contributed by atoms with Crippen LogP contribution in [0.25, 0.3) is 16.7 Å². The first kappa shape index (κ1) is 25.2. The topological polar surface area (TPSA) is 19.4 Å². The number of pyridine rings is 1. The minimum atomic E-state index is 0.698. The molecular formula is C29H39N3. The molecule has 0 bridgehead atoms. The summed E-state index contributed by atoms with van der Waals surface area (Å²) in [5, 5.41) is 0. The van der Waals surface area contributed by atoms with E-state index in [9.17, 15) is 0 Å². The Balaban J connectivity index is 2.44. The maximum absolute atomic E-state index is 4.57. The number of anilines is 1. The smallest absolute Gasteiger partial charge is 0.0397 e. The summed E-state index contributed by atoms with van der Waals surface area (Å²) in [4.78, 5) is 9.01. The molecule has 3 heteroatoms. The third kappa shape index (κ3) is 6.98. The van der Waals surface area contributed by atoms with Gasteiger partial charge in [-0.1, -0.05) is 63.6 Å². The first-order valence-electron chi connectivity index (χ1n) is 11.5. The van der Waals surface area contributed by atoms with Gasteiger partial charge in [0.1, 0.15) is 0 Å². The Morgan fingerprint density at radius 3 is 2.41 bits per heavy atom. The van der Waals surface area contributed by atoms with Gasteiger partial charge in [0.05, 0.1) is 0 Å². The van der Waals surface area contributed by atoms with E-state index in [1.54, 1.807) is 0 Å². The number of hydrogen-bond acceptors (Lipinski definition) is 3. The van der Waals surface area contributed by atoms with Gasteiger partial charge in [0.15, 0.2) is 0 Å². The third-order valence-corrected chi connectivity index (χ3v) is 5.80. The summed E-state index contributed by atoms with van der Waals surface area (Å²) >= 11 is 0. The summed E-state index contributed by atoms with van der Waals surface area (Å²) in [5.74, 6) is 0.698. The van der Waals surface area contributed by atoms with Crippen LogP contribution in [0.3, 0.4) is 0 Å². The van der Waals surface area contributed by atoms with Crippen LogP contribution in [0, 0.1) is 5.92 Å². The van der Waals surface area contributed by atoms with Crippen molar-refractivity contribution in [3.05, 3.63) is 91.4 Å². The lowest BCUT2D eigenvalue weighted by atomic mass is 9.98. The van der Waals surface area contributed by atoms with Crippen molar-refractivity contribution in [1.29, 1.82) is 0 Å². The molecule has 0 aliphatic rings. The standard InChI is InChI=1S/C29H39N3/c1-8-12-14-26(22-32(7)21-23(10-3)11-4)28-18-27(19-30-20-28)24-15-16-29(31(5)6)25(17-24)13-9-2/h8-9,12,14-20,22-23H,1-2,10-11,13,21H2,3-7H3/b14-12-,26-22+. The number of rotatable bonds is 12. The molecule has 0 unspecified atom stereocenters. The van der Waals surface area contributed by atoms with Crippen LogP contribution in [0.5, 0.6) is 0 Å². The summed E-state index contributed by atoms with van der Waals surface area (Å²) < 4.78 is 0. The highest BCUT2D eigenvalue weighted by atomic mass is 15.1. The van der Waals surface area contributed by atoms with Gasteiger partial charge in [0.25, 0.3) is 0 Å². The van der Waals surface area contributed by atoms with Crippen LogP contribution in [0.1, 0.15) is 37.8 Å². The molecular weight excluding hydrogens is 390 g/mol. The van der Waals surface area contributed by atoms with Crippen LogP contribution in [0.15, 0.2) is 80.3 Å². The molecule has 0 fully saturated rings. The largest absolute Gasteiger partial charge is 0.380 e. The van der Waals surface area contributed by atoms with Crippen molar-refractivity contribution in [3.63, 3.8) is 0 Å². The van der Waals surface area contributed by atoms with Crippen LogP contribution in [-0.2, 0) is 6.42 Å². The minimum absolute atomic E-state index is 0.698. The lowest BCUT2D eigenvalue weighted by Crippen LogP contribution is -2.20. The Labute approximate surface area is 195 Å². The van der Waals surface area contributed by atoms with Crippen LogP contribution in [0.4, 0.5) is 5.69 Å². The Bertz CT molecular complexity index is 949. The normalized spacial score (nSPS) is 11.8. The van der Waals surface area contributed by atoms with Crippen molar-refractivity contribution in [3.8, 4) is 11.1 Å². The first-order valence-corrected chi connectivity index (χ1v) is 11.5. The molecule has 1 aromatic heterocycles. The molecule has 0 saturated carbocycles. The molecule has 3 nitrogen and oxygen atoms in total. The van der Waals surface area contributed by atoms with E-state index >= 15 is 0 Å². The number of benzene rings is 1. The minimum Gasteiger partial charge on any atom is -0.380 e. The van der Waals surface area contributed by atoms with Gasteiger partial charge >= 0.3 is 0 Å². The quantitative estimate of drug-likeness (QED) is 0.268. The Morgan fingerprint density at radius 2 is 1.78 bits per heavy atom. The van der Waals surface area contributed by atoms with Gasteiger partial charge in [-0.25, -0.2) is 0 Å². The molecule has 0 atom stereocenters. The second kappa shape index (κ2) is 12.7. The molecule has 1 heterocycles. The fraction of sp³-hybridized carbons (Fsp3) is 0.345. The maximum atomic E-state index is 4.57. The Kier molecular flexibility index (Phi) is 10.0. The number of hydrogen-bond donors (Lipinski definition) is 0. The molecule has 1 aromatic carbocycles. The molecule has 0 saturated heterocycles. The van der Waals surface area contributed by atoms with Crippen molar-refractivity contribution in [2.75, 3.05) is 32.6 Å². The van der Waals surface area contributed by atoms with E-state index in [0.717, 1.165) is 29.7 Å². The summed E-state index contributed by atoms with van der Waals surface area (Å²) in [5.41, 5.74) is 6.98. The molecule has 0 spiro atoms. The fourth-order valence-corrected chi connectivity index (χ4v) is 3.91. The number of allylic oxidation sites excluding steroid dienone is 5. The van der Waals surface area contributed by atoms with Gasteiger partial charge in [-0.2, -0.15) is 0 Å². The van der Waals surface area contributed by atoms with Gasteiger partial charge in [0, 0.05) is 63.1 Å². The third-order valence-electron chi connectivity index (χ3n) is 5.80. The lowest BCUT2D eigenvalue weighted by Gasteiger charge is -2.22. The van der Waals surface area contributed by atoms with Gasteiger partial charge in [-0.05, 0) is 47.2 Å². The molecule has 0 aliphatic heterocycles. The highest BCUT2D eigenvalue weighted by molar-refractivity contribution is 5.78. The van der Waals surface area contributed by atoms with Crippen molar-refractivity contribution < 1.29 is 0 Å². The van der Waals surface area contributed by atoms with Crippen LogP contribution < -0.4 is 4.90 Å². The van der Waals surface area contributed by atoms with Crippen molar-refractivity contribution in [2.24, 2.45) is 5.92 Å². The van der Waals surface area contributed by atoms with E-state index in [2.05, 4.69) is 99.5 Å². The summed E-state index contributed by atoms with van der Waals surface area (Å²) in [6, 6.07) is 8.82. The molecule has 0 aliphatic carbocycles. The van der Waals surface area contributed by atoms with E-state index in [1.165, 1.54) is 29.7 Å². The predicted molar refractivity (Wildman–Crippen MR) is 142 cm³/mol. The zero-order valence-corrected chi connectivity index (χ0v) is 20.5. The molecule has 170 valence electrons. The molecule has 0 radical (unpaired) electrons. The van der Waals surface area contributed by atoms with Crippen molar-refractivity contribution >= 4 is 11.3 Å². The fourth-order valence-electron chi connectivity index (χ4n) is 3.91. The maximum Gasteiger partial charge on any atom is 0.0397 e. The Hall–Kier alpha value is -3.07. The van der Waals surface area contributed by atoms with E-state index in [1.807, 2.05) is 30.6 Å². The van der Waals surface area contributed by atoms with Crippen LogP contribution in [0.2, 0.25) is 0 Å². The average molecular weight is 430 g/mol. The highest BCUT2D eigenvalue weighted by Crippen LogP contribution is 2.29. The SMILES string of the molecule is C=C/C=C\C(=C/N(C)CC(CC)CC)c1cncc(-c2ccc(N(C)C)c(CC=C)c2)c1. The second-order valence-corrected chi connectivity index (χ2v) is 8.49.